The van der Waals surface area contributed by atoms with Crippen LogP contribution in [0.3, 0.4) is 0 Å². The lowest BCUT2D eigenvalue weighted by molar-refractivity contribution is -0.133. The third-order valence-corrected chi connectivity index (χ3v) is 2.50. The Morgan fingerprint density at radius 2 is 2.38 bits per heavy atom. The van der Waals surface area contributed by atoms with E-state index in [0.29, 0.717) is 18.2 Å². The topological polar surface area (TPSA) is 88.1 Å². The predicted molar refractivity (Wildman–Crippen MR) is 59.6 cm³/mol. The predicted octanol–water partition coefficient (Wildman–Crippen LogP) is 0.950. The lowest BCUT2D eigenvalue weighted by atomic mass is 10.4. The van der Waals surface area contributed by atoms with Crippen molar-refractivity contribution in [1.29, 1.82) is 0 Å². The Kier molecular flexibility index (Phi) is 5.87. The standard InChI is InChI=1S/C9H15N3O3S/c1-2-4-15-5-3-7-10-9(12-11-7)16-6-8(13)14/h2-6H2,1H3,(H,13,14)(H,10,11,12). The van der Waals surface area contributed by atoms with Gasteiger partial charge in [-0.15, -0.1) is 5.10 Å². The highest BCUT2D eigenvalue weighted by Gasteiger charge is 2.06. The fourth-order valence-electron chi connectivity index (χ4n) is 0.996. The Bertz CT molecular complexity index is 330. The molecule has 1 heterocycles. The van der Waals surface area contributed by atoms with E-state index in [0.717, 1.165) is 30.6 Å². The molecule has 0 unspecified atom stereocenters. The van der Waals surface area contributed by atoms with Gasteiger partial charge in [0.1, 0.15) is 5.82 Å². The molecule has 2 N–H and O–H groups in total. The van der Waals surface area contributed by atoms with Crippen LogP contribution in [-0.2, 0) is 16.0 Å². The van der Waals surface area contributed by atoms with Gasteiger partial charge in [0.05, 0.1) is 12.4 Å². The lowest BCUT2D eigenvalue weighted by Crippen LogP contribution is -2.01. The second-order valence-electron chi connectivity index (χ2n) is 3.11. The quantitative estimate of drug-likeness (QED) is 0.523. The van der Waals surface area contributed by atoms with E-state index in [1.54, 1.807) is 0 Å². The van der Waals surface area contributed by atoms with E-state index in [1.807, 2.05) is 0 Å². The van der Waals surface area contributed by atoms with Gasteiger partial charge in [-0.2, -0.15) is 0 Å². The highest BCUT2D eigenvalue weighted by atomic mass is 32.2. The van der Waals surface area contributed by atoms with Crippen molar-refractivity contribution in [2.45, 2.75) is 24.9 Å². The molecule has 90 valence electrons. The van der Waals surface area contributed by atoms with E-state index in [1.165, 1.54) is 0 Å². The van der Waals surface area contributed by atoms with E-state index in [9.17, 15) is 4.79 Å². The number of H-pyrrole nitrogens is 1. The summed E-state index contributed by atoms with van der Waals surface area (Å²) in [6.45, 7) is 3.40. The second kappa shape index (κ2) is 7.24. The number of hydrogen-bond acceptors (Lipinski definition) is 5. The Balaban J connectivity index is 2.25. The molecule has 0 bridgehead atoms. The summed E-state index contributed by atoms with van der Waals surface area (Å²) in [6.07, 6.45) is 1.66. The van der Waals surface area contributed by atoms with Crippen molar-refractivity contribution < 1.29 is 14.6 Å². The molecule has 1 rings (SSSR count). The molecule has 16 heavy (non-hydrogen) atoms. The van der Waals surface area contributed by atoms with Crippen LogP contribution in [-0.4, -0.2) is 45.2 Å². The number of nitrogens with zero attached hydrogens (tertiary/aromatic N) is 2. The van der Waals surface area contributed by atoms with Crippen molar-refractivity contribution in [3.05, 3.63) is 5.82 Å². The Morgan fingerprint density at radius 1 is 1.56 bits per heavy atom. The fraction of sp³-hybridized carbons (Fsp3) is 0.667. The summed E-state index contributed by atoms with van der Waals surface area (Å²) < 4.78 is 5.31. The monoisotopic (exact) mass is 245 g/mol. The maximum absolute atomic E-state index is 10.3. The average molecular weight is 245 g/mol. The molecule has 0 fully saturated rings. The fourth-order valence-corrected chi connectivity index (χ4v) is 1.53. The molecule has 0 aliphatic rings. The lowest BCUT2D eigenvalue weighted by Gasteiger charge is -1.98. The molecule has 7 heteroatoms. The van der Waals surface area contributed by atoms with Gasteiger partial charge in [0, 0.05) is 13.0 Å². The molecule has 1 aromatic rings. The minimum absolute atomic E-state index is 0.0242. The van der Waals surface area contributed by atoms with Gasteiger partial charge in [-0.3, -0.25) is 9.89 Å². The van der Waals surface area contributed by atoms with Crippen molar-refractivity contribution in [1.82, 2.24) is 15.2 Å². The largest absolute Gasteiger partial charge is 0.481 e. The summed E-state index contributed by atoms with van der Waals surface area (Å²) in [6, 6.07) is 0. The van der Waals surface area contributed by atoms with Gasteiger partial charge in [-0.25, -0.2) is 4.98 Å². The van der Waals surface area contributed by atoms with Crippen LogP contribution in [0.4, 0.5) is 0 Å². The molecule has 0 spiro atoms. The number of aliphatic carboxylic acids is 1. The first-order valence-corrected chi connectivity index (χ1v) is 6.04. The molecule has 0 radical (unpaired) electrons. The first-order valence-electron chi connectivity index (χ1n) is 5.06. The number of carbonyl (C=O) groups is 1. The molecule has 0 atom stereocenters. The SMILES string of the molecule is CCCOCCc1nc(SCC(=O)O)n[nH]1. The third-order valence-electron chi connectivity index (χ3n) is 1.67. The first-order chi connectivity index (χ1) is 7.72. The van der Waals surface area contributed by atoms with Crippen molar-refractivity contribution in [2.75, 3.05) is 19.0 Å². The molecule has 1 aromatic heterocycles. The van der Waals surface area contributed by atoms with Crippen LogP contribution in [0.2, 0.25) is 0 Å². The van der Waals surface area contributed by atoms with Crippen LogP contribution in [0.25, 0.3) is 0 Å². The van der Waals surface area contributed by atoms with Gasteiger partial charge in [0.2, 0.25) is 5.16 Å². The number of aromatic amines is 1. The van der Waals surface area contributed by atoms with Gasteiger partial charge >= 0.3 is 5.97 Å². The Morgan fingerprint density at radius 3 is 3.06 bits per heavy atom. The van der Waals surface area contributed by atoms with Crippen LogP contribution < -0.4 is 0 Å². The molecule has 0 amide bonds. The van der Waals surface area contributed by atoms with Gasteiger partial charge in [0.25, 0.3) is 0 Å². The van der Waals surface area contributed by atoms with Crippen molar-refractivity contribution in [3.8, 4) is 0 Å². The van der Waals surface area contributed by atoms with Crippen molar-refractivity contribution >= 4 is 17.7 Å². The van der Waals surface area contributed by atoms with Gasteiger partial charge in [-0.05, 0) is 6.42 Å². The zero-order valence-corrected chi connectivity index (χ0v) is 9.92. The number of nitrogens with one attached hydrogen (secondary N) is 1. The zero-order valence-electron chi connectivity index (χ0n) is 9.10. The zero-order chi connectivity index (χ0) is 11.8. The molecular weight excluding hydrogens is 230 g/mol. The highest BCUT2D eigenvalue weighted by molar-refractivity contribution is 7.99. The minimum Gasteiger partial charge on any atom is -0.481 e. The summed E-state index contributed by atoms with van der Waals surface area (Å²) in [5, 5.41) is 15.6. The molecule has 0 saturated heterocycles. The van der Waals surface area contributed by atoms with E-state index in [4.69, 9.17) is 9.84 Å². The summed E-state index contributed by atoms with van der Waals surface area (Å²) in [5.74, 6) is -0.171. The van der Waals surface area contributed by atoms with Crippen LogP contribution in [0.5, 0.6) is 0 Å². The molecule has 0 aliphatic heterocycles. The van der Waals surface area contributed by atoms with Gasteiger partial charge < -0.3 is 9.84 Å². The number of carboxylic acids is 1. The van der Waals surface area contributed by atoms with E-state index < -0.39 is 5.97 Å². The highest BCUT2D eigenvalue weighted by Crippen LogP contribution is 2.11. The first kappa shape index (κ1) is 13.0. The third kappa shape index (κ3) is 5.13. The Hall–Kier alpha value is -1.08. The maximum atomic E-state index is 10.3. The number of carboxylic acid groups (broad SMARTS) is 1. The normalized spacial score (nSPS) is 10.6. The van der Waals surface area contributed by atoms with Crippen LogP contribution in [0.15, 0.2) is 5.16 Å². The number of thioether (sulfide) groups is 1. The number of rotatable bonds is 8. The minimum atomic E-state index is -0.873. The summed E-state index contributed by atoms with van der Waals surface area (Å²) >= 11 is 1.10. The van der Waals surface area contributed by atoms with Crippen molar-refractivity contribution in [3.63, 3.8) is 0 Å². The molecule has 0 saturated carbocycles. The van der Waals surface area contributed by atoms with Crippen LogP contribution >= 0.6 is 11.8 Å². The molecule has 6 nitrogen and oxygen atoms in total. The van der Waals surface area contributed by atoms with Gasteiger partial charge in [-0.1, -0.05) is 18.7 Å². The number of hydrogen-bond donors (Lipinski definition) is 2. The average Bonchev–Trinajstić information content (AvgIpc) is 2.70. The molecule has 0 aliphatic carbocycles. The summed E-state index contributed by atoms with van der Waals surface area (Å²) in [4.78, 5) is 14.4. The number of ether oxygens (including phenoxy) is 1. The van der Waals surface area contributed by atoms with Crippen molar-refractivity contribution in [2.24, 2.45) is 0 Å². The van der Waals surface area contributed by atoms with E-state index >= 15 is 0 Å². The smallest absolute Gasteiger partial charge is 0.313 e. The summed E-state index contributed by atoms with van der Waals surface area (Å²) in [5.41, 5.74) is 0. The molecular formula is C9H15N3O3S. The van der Waals surface area contributed by atoms with Crippen LogP contribution in [0, 0.1) is 0 Å². The molecule has 0 aromatic carbocycles. The van der Waals surface area contributed by atoms with Gasteiger partial charge in [0.15, 0.2) is 0 Å². The summed E-state index contributed by atoms with van der Waals surface area (Å²) in [7, 11) is 0. The maximum Gasteiger partial charge on any atom is 0.313 e. The van der Waals surface area contributed by atoms with E-state index in [-0.39, 0.29) is 5.75 Å². The van der Waals surface area contributed by atoms with E-state index in [2.05, 4.69) is 22.1 Å². The Labute approximate surface area is 97.8 Å². The van der Waals surface area contributed by atoms with Crippen LogP contribution in [0.1, 0.15) is 19.2 Å². The second-order valence-corrected chi connectivity index (χ2v) is 4.05. The number of aromatic nitrogens is 3.